The van der Waals surface area contributed by atoms with E-state index in [2.05, 4.69) is 15.9 Å². The van der Waals surface area contributed by atoms with Crippen molar-refractivity contribution in [3.05, 3.63) is 52.0 Å². The maximum atomic E-state index is 12.5. The molecule has 120 valence electrons. The van der Waals surface area contributed by atoms with Crippen LogP contribution in [0.25, 0.3) is 0 Å². The maximum absolute atomic E-state index is 12.5. The zero-order chi connectivity index (χ0) is 16.4. The average Bonchev–Trinajstić information content (AvgIpc) is 2.56. The third-order valence-corrected chi connectivity index (χ3v) is 4.06. The van der Waals surface area contributed by atoms with E-state index in [-0.39, 0.29) is 17.2 Å². The summed E-state index contributed by atoms with van der Waals surface area (Å²) in [5.41, 5.74) is 1.19. The molecule has 3 rings (SSSR count). The van der Waals surface area contributed by atoms with E-state index in [1.165, 1.54) is 6.07 Å². The van der Waals surface area contributed by atoms with Crippen molar-refractivity contribution in [2.24, 2.45) is 0 Å². The molecule has 23 heavy (non-hydrogen) atoms. The van der Waals surface area contributed by atoms with Gasteiger partial charge in [0, 0.05) is 18.1 Å². The van der Waals surface area contributed by atoms with Crippen LogP contribution in [-0.2, 0) is 6.54 Å². The Kier molecular flexibility index (Phi) is 4.43. The molecular formula is C17H16BrNO4. The molecule has 6 heteroatoms. The molecule has 0 unspecified atom stereocenters. The van der Waals surface area contributed by atoms with Gasteiger partial charge in [-0.1, -0.05) is 22.0 Å². The SMILES string of the molecule is CN(Cc1ccc2c(c1)OCCO2)C(=O)c1cc(Br)ccc1O. The number of halogens is 1. The van der Waals surface area contributed by atoms with Gasteiger partial charge in [0.15, 0.2) is 11.5 Å². The molecule has 0 saturated carbocycles. The van der Waals surface area contributed by atoms with Crippen LogP contribution in [0.3, 0.4) is 0 Å². The Labute approximate surface area is 142 Å². The van der Waals surface area contributed by atoms with Crippen molar-refractivity contribution >= 4 is 21.8 Å². The molecule has 2 aromatic carbocycles. The van der Waals surface area contributed by atoms with Crippen LogP contribution in [0.2, 0.25) is 0 Å². The second-order valence-electron chi connectivity index (χ2n) is 5.30. The predicted octanol–water partition coefficient (Wildman–Crippen LogP) is 3.20. The first-order valence-corrected chi connectivity index (χ1v) is 7.96. The third kappa shape index (κ3) is 3.42. The first kappa shape index (κ1) is 15.7. The lowest BCUT2D eigenvalue weighted by Gasteiger charge is -2.21. The summed E-state index contributed by atoms with van der Waals surface area (Å²) < 4.78 is 11.8. The predicted molar refractivity (Wildman–Crippen MR) is 89.0 cm³/mol. The third-order valence-electron chi connectivity index (χ3n) is 3.56. The number of hydrogen-bond acceptors (Lipinski definition) is 4. The van der Waals surface area contributed by atoms with Crippen LogP contribution in [0.4, 0.5) is 0 Å². The fraction of sp³-hybridized carbons (Fsp3) is 0.235. The number of hydrogen-bond donors (Lipinski definition) is 1. The summed E-state index contributed by atoms with van der Waals surface area (Å²) in [6.07, 6.45) is 0. The van der Waals surface area contributed by atoms with Gasteiger partial charge in [-0.3, -0.25) is 4.79 Å². The Bertz CT molecular complexity index is 747. The van der Waals surface area contributed by atoms with Crippen molar-refractivity contribution in [2.75, 3.05) is 20.3 Å². The molecule has 1 aliphatic rings. The lowest BCUT2D eigenvalue weighted by molar-refractivity contribution is 0.0781. The molecule has 0 aliphatic carbocycles. The molecular weight excluding hydrogens is 362 g/mol. The Hall–Kier alpha value is -2.21. The largest absolute Gasteiger partial charge is 0.507 e. The molecule has 1 heterocycles. The minimum absolute atomic E-state index is 0.0350. The van der Waals surface area contributed by atoms with Crippen LogP contribution in [0, 0.1) is 0 Å². The van der Waals surface area contributed by atoms with Crippen molar-refractivity contribution in [2.45, 2.75) is 6.54 Å². The minimum atomic E-state index is -0.251. The highest BCUT2D eigenvalue weighted by Gasteiger charge is 2.18. The van der Waals surface area contributed by atoms with Gasteiger partial charge in [0.1, 0.15) is 19.0 Å². The summed E-state index contributed by atoms with van der Waals surface area (Å²) in [7, 11) is 1.69. The van der Waals surface area contributed by atoms with Gasteiger partial charge in [0.05, 0.1) is 5.56 Å². The van der Waals surface area contributed by atoms with Crippen LogP contribution in [0.5, 0.6) is 17.2 Å². The fourth-order valence-electron chi connectivity index (χ4n) is 2.42. The van der Waals surface area contributed by atoms with Crippen molar-refractivity contribution in [3.8, 4) is 17.2 Å². The highest BCUT2D eigenvalue weighted by molar-refractivity contribution is 9.10. The number of amides is 1. The molecule has 0 spiro atoms. The molecule has 0 saturated heterocycles. The van der Waals surface area contributed by atoms with Gasteiger partial charge in [-0.2, -0.15) is 0 Å². The monoisotopic (exact) mass is 377 g/mol. The summed E-state index contributed by atoms with van der Waals surface area (Å²) in [5.74, 6) is 1.13. The van der Waals surface area contributed by atoms with Gasteiger partial charge in [0.25, 0.3) is 5.91 Å². The molecule has 1 aliphatic heterocycles. The maximum Gasteiger partial charge on any atom is 0.257 e. The molecule has 0 radical (unpaired) electrons. The number of carbonyl (C=O) groups is 1. The van der Waals surface area contributed by atoms with Gasteiger partial charge in [0.2, 0.25) is 0 Å². The first-order chi connectivity index (χ1) is 11.0. The Morgan fingerprint density at radius 3 is 2.70 bits per heavy atom. The van der Waals surface area contributed by atoms with Crippen LogP contribution in [0.15, 0.2) is 40.9 Å². The van der Waals surface area contributed by atoms with E-state index in [4.69, 9.17) is 9.47 Å². The van der Waals surface area contributed by atoms with Gasteiger partial charge in [-0.15, -0.1) is 0 Å². The molecule has 2 aromatic rings. The van der Waals surface area contributed by atoms with E-state index >= 15 is 0 Å². The fourth-order valence-corrected chi connectivity index (χ4v) is 2.78. The van der Waals surface area contributed by atoms with Crippen LogP contribution < -0.4 is 9.47 Å². The van der Waals surface area contributed by atoms with Crippen molar-refractivity contribution in [1.82, 2.24) is 4.90 Å². The lowest BCUT2D eigenvalue weighted by Crippen LogP contribution is -2.26. The van der Waals surface area contributed by atoms with Crippen LogP contribution in [-0.4, -0.2) is 36.2 Å². The Morgan fingerprint density at radius 1 is 1.17 bits per heavy atom. The van der Waals surface area contributed by atoms with Crippen molar-refractivity contribution < 1.29 is 19.4 Å². The molecule has 1 amide bonds. The van der Waals surface area contributed by atoms with E-state index in [0.717, 1.165) is 15.8 Å². The standard InChI is InChI=1S/C17H16BrNO4/c1-19(17(21)13-9-12(18)3-4-14(13)20)10-11-2-5-15-16(8-11)23-7-6-22-15/h2-5,8-9,20H,6-7,10H2,1H3. The molecule has 0 atom stereocenters. The Balaban J connectivity index is 1.77. The quantitative estimate of drug-likeness (QED) is 0.891. The zero-order valence-corrected chi connectivity index (χ0v) is 14.2. The summed E-state index contributed by atoms with van der Waals surface area (Å²) in [5, 5.41) is 9.87. The number of phenols is 1. The summed E-state index contributed by atoms with van der Waals surface area (Å²) in [4.78, 5) is 14.0. The van der Waals surface area contributed by atoms with Crippen LogP contribution >= 0.6 is 15.9 Å². The summed E-state index contributed by atoms with van der Waals surface area (Å²) in [6, 6.07) is 10.4. The highest BCUT2D eigenvalue weighted by atomic mass is 79.9. The summed E-state index contributed by atoms with van der Waals surface area (Å²) >= 11 is 3.31. The lowest BCUT2D eigenvalue weighted by atomic mass is 10.1. The van der Waals surface area contributed by atoms with E-state index in [0.29, 0.717) is 25.5 Å². The van der Waals surface area contributed by atoms with Crippen molar-refractivity contribution in [3.63, 3.8) is 0 Å². The number of ether oxygens (including phenoxy) is 2. The van der Waals surface area contributed by atoms with E-state index < -0.39 is 0 Å². The van der Waals surface area contributed by atoms with Gasteiger partial charge in [-0.25, -0.2) is 0 Å². The summed E-state index contributed by atoms with van der Waals surface area (Å²) in [6.45, 7) is 1.48. The molecule has 0 bridgehead atoms. The topological polar surface area (TPSA) is 59.0 Å². The number of aromatic hydroxyl groups is 1. The number of carbonyl (C=O) groups excluding carboxylic acids is 1. The number of benzene rings is 2. The first-order valence-electron chi connectivity index (χ1n) is 7.17. The van der Waals surface area contributed by atoms with Gasteiger partial charge >= 0.3 is 0 Å². The normalized spacial score (nSPS) is 12.8. The van der Waals surface area contributed by atoms with E-state index in [9.17, 15) is 9.90 Å². The number of phenolic OH excluding ortho intramolecular Hbond substituents is 1. The van der Waals surface area contributed by atoms with Gasteiger partial charge < -0.3 is 19.5 Å². The second kappa shape index (κ2) is 6.50. The number of rotatable bonds is 3. The highest BCUT2D eigenvalue weighted by Crippen LogP contribution is 2.31. The number of nitrogens with zero attached hydrogens (tertiary/aromatic N) is 1. The zero-order valence-electron chi connectivity index (χ0n) is 12.6. The minimum Gasteiger partial charge on any atom is -0.507 e. The average molecular weight is 378 g/mol. The number of fused-ring (bicyclic) bond motifs is 1. The Morgan fingerprint density at radius 2 is 1.91 bits per heavy atom. The van der Waals surface area contributed by atoms with E-state index in [1.54, 1.807) is 24.1 Å². The van der Waals surface area contributed by atoms with Crippen molar-refractivity contribution in [1.29, 1.82) is 0 Å². The van der Waals surface area contributed by atoms with Gasteiger partial charge in [-0.05, 0) is 35.9 Å². The smallest absolute Gasteiger partial charge is 0.257 e. The van der Waals surface area contributed by atoms with E-state index in [1.807, 2.05) is 18.2 Å². The van der Waals surface area contributed by atoms with Crippen LogP contribution in [0.1, 0.15) is 15.9 Å². The molecule has 1 N–H and O–H groups in total. The molecule has 0 fully saturated rings. The molecule has 5 nitrogen and oxygen atoms in total. The second-order valence-corrected chi connectivity index (χ2v) is 6.22. The molecule has 0 aromatic heterocycles.